The normalized spacial score (nSPS) is 21.4. The summed E-state index contributed by atoms with van der Waals surface area (Å²) in [5.41, 5.74) is -0.847. The Morgan fingerprint density at radius 2 is 1.66 bits per heavy atom. The Bertz CT molecular complexity index is 938. The molecule has 1 N–H and O–H groups in total. The molecule has 0 aromatic carbocycles. The van der Waals surface area contributed by atoms with Gasteiger partial charge in [-0.15, -0.1) is 10.2 Å². The van der Waals surface area contributed by atoms with Gasteiger partial charge in [0, 0.05) is 37.8 Å². The first kappa shape index (κ1) is 25.5. The number of amides is 2. The predicted octanol–water partition coefficient (Wildman–Crippen LogP) is 2.86. The van der Waals surface area contributed by atoms with Crippen molar-refractivity contribution in [2.75, 3.05) is 19.6 Å². The van der Waals surface area contributed by atoms with Crippen LogP contribution in [0.4, 0.5) is 31.1 Å². The standard InChI is InChI=1S/C20H26F6N6O3/c1-18(5-7-30(8-6-18)17(34)35-16(19(21,22)23)20(24,25)26)27-15(33)14-29-28-13-11-31(9-10-32(13)14)12-3-2-4-12/h12,16H,2-11H2,1H3,(H,27,33). The molecule has 1 saturated heterocycles. The number of hydrogen-bond donors (Lipinski definition) is 1. The molecule has 35 heavy (non-hydrogen) atoms. The van der Waals surface area contributed by atoms with Gasteiger partial charge < -0.3 is 19.5 Å². The van der Waals surface area contributed by atoms with Gasteiger partial charge in [0.05, 0.1) is 6.54 Å². The third kappa shape index (κ3) is 5.48. The number of fused-ring (bicyclic) bond motifs is 1. The van der Waals surface area contributed by atoms with Gasteiger partial charge >= 0.3 is 18.4 Å². The SMILES string of the molecule is CC1(NC(=O)c2nnc3n2CCN(C2CCC2)C3)CCN(C(=O)OC(C(F)(F)F)C(F)(F)F)CC1. The number of halogens is 6. The van der Waals surface area contributed by atoms with Crippen molar-refractivity contribution in [3.8, 4) is 0 Å². The minimum atomic E-state index is -5.78. The van der Waals surface area contributed by atoms with E-state index in [-0.39, 0.29) is 31.8 Å². The van der Waals surface area contributed by atoms with E-state index in [4.69, 9.17) is 0 Å². The molecule has 0 spiro atoms. The maximum atomic E-state index is 12.9. The summed E-state index contributed by atoms with van der Waals surface area (Å²) in [6.45, 7) is 3.26. The van der Waals surface area contributed by atoms with Crippen LogP contribution in [-0.2, 0) is 17.8 Å². The van der Waals surface area contributed by atoms with Crippen LogP contribution in [0.2, 0.25) is 0 Å². The number of carbonyl (C=O) groups excluding carboxylic acids is 2. The van der Waals surface area contributed by atoms with Crippen LogP contribution in [0.5, 0.6) is 0 Å². The summed E-state index contributed by atoms with van der Waals surface area (Å²) in [6, 6.07) is 0.538. The van der Waals surface area contributed by atoms with Crippen molar-refractivity contribution < 1.29 is 40.7 Å². The molecule has 1 aromatic rings. The number of ether oxygens (including phenoxy) is 1. The molecule has 3 heterocycles. The van der Waals surface area contributed by atoms with Gasteiger partial charge in [-0.25, -0.2) is 4.79 Å². The largest absolute Gasteiger partial charge is 0.434 e. The lowest BCUT2D eigenvalue weighted by atomic mass is 9.89. The van der Waals surface area contributed by atoms with E-state index in [1.165, 1.54) is 6.42 Å². The zero-order chi connectivity index (χ0) is 25.6. The molecule has 1 aromatic heterocycles. The lowest BCUT2D eigenvalue weighted by Crippen LogP contribution is -2.56. The van der Waals surface area contributed by atoms with Crippen LogP contribution in [0.25, 0.3) is 0 Å². The zero-order valence-corrected chi connectivity index (χ0v) is 19.0. The maximum absolute atomic E-state index is 12.9. The Balaban J connectivity index is 1.32. The highest BCUT2D eigenvalue weighted by atomic mass is 19.4. The van der Waals surface area contributed by atoms with Gasteiger partial charge in [-0.3, -0.25) is 9.69 Å². The average Bonchev–Trinajstić information content (AvgIpc) is 3.12. The third-order valence-corrected chi connectivity index (χ3v) is 6.93. The summed E-state index contributed by atoms with van der Waals surface area (Å²) in [7, 11) is 0. The van der Waals surface area contributed by atoms with Crippen molar-refractivity contribution in [3.05, 3.63) is 11.6 Å². The number of nitrogens with one attached hydrogen (secondary N) is 1. The lowest BCUT2D eigenvalue weighted by molar-refractivity contribution is -0.308. The Morgan fingerprint density at radius 1 is 1.03 bits per heavy atom. The molecule has 0 unspecified atom stereocenters. The topological polar surface area (TPSA) is 92.6 Å². The summed E-state index contributed by atoms with van der Waals surface area (Å²) in [4.78, 5) is 28.0. The highest BCUT2D eigenvalue weighted by Gasteiger charge is 2.60. The molecule has 2 amide bonds. The number of piperidine rings is 1. The van der Waals surface area contributed by atoms with Crippen LogP contribution < -0.4 is 5.32 Å². The fourth-order valence-corrected chi connectivity index (χ4v) is 4.54. The lowest BCUT2D eigenvalue weighted by Gasteiger charge is -2.40. The van der Waals surface area contributed by atoms with E-state index >= 15 is 0 Å². The third-order valence-electron chi connectivity index (χ3n) is 6.93. The van der Waals surface area contributed by atoms with Crippen LogP contribution in [0.1, 0.15) is 55.5 Å². The van der Waals surface area contributed by atoms with Crippen molar-refractivity contribution in [1.29, 1.82) is 0 Å². The van der Waals surface area contributed by atoms with Crippen molar-refractivity contribution >= 4 is 12.0 Å². The quantitative estimate of drug-likeness (QED) is 0.624. The molecule has 1 saturated carbocycles. The van der Waals surface area contributed by atoms with Crippen molar-refractivity contribution in [3.63, 3.8) is 0 Å². The van der Waals surface area contributed by atoms with Gasteiger partial charge in [-0.2, -0.15) is 26.3 Å². The van der Waals surface area contributed by atoms with Gasteiger partial charge in [0.1, 0.15) is 5.82 Å². The highest BCUT2D eigenvalue weighted by molar-refractivity contribution is 5.91. The van der Waals surface area contributed by atoms with E-state index in [2.05, 4.69) is 25.2 Å². The average molecular weight is 512 g/mol. The van der Waals surface area contributed by atoms with Crippen LogP contribution in [0.3, 0.4) is 0 Å². The van der Waals surface area contributed by atoms with Gasteiger partial charge in [-0.05, 0) is 32.6 Å². The zero-order valence-electron chi connectivity index (χ0n) is 19.0. The monoisotopic (exact) mass is 512 g/mol. The molecule has 0 radical (unpaired) electrons. The fourth-order valence-electron chi connectivity index (χ4n) is 4.54. The molecule has 0 atom stereocenters. The molecular formula is C20H26F6N6O3. The number of carbonyl (C=O) groups is 2. The summed E-state index contributed by atoms with van der Waals surface area (Å²) >= 11 is 0. The number of likely N-dealkylation sites (tertiary alicyclic amines) is 1. The summed E-state index contributed by atoms with van der Waals surface area (Å²) < 4.78 is 81.5. The molecule has 9 nitrogen and oxygen atoms in total. The van der Waals surface area contributed by atoms with E-state index in [0.717, 1.165) is 24.3 Å². The van der Waals surface area contributed by atoms with E-state index in [1.807, 2.05) is 0 Å². The van der Waals surface area contributed by atoms with Crippen molar-refractivity contribution in [2.45, 2.75) is 82.2 Å². The molecular weight excluding hydrogens is 486 g/mol. The number of hydrogen-bond acceptors (Lipinski definition) is 6. The molecule has 4 rings (SSSR count). The van der Waals surface area contributed by atoms with Gasteiger partial charge in [0.25, 0.3) is 12.0 Å². The molecule has 2 aliphatic heterocycles. The highest BCUT2D eigenvalue weighted by Crippen LogP contribution is 2.36. The van der Waals surface area contributed by atoms with Crippen LogP contribution in [0, 0.1) is 0 Å². The second kappa shape index (κ2) is 9.13. The summed E-state index contributed by atoms with van der Waals surface area (Å²) in [5.74, 6) is 0.364. The van der Waals surface area contributed by atoms with E-state index in [0.29, 0.717) is 25.0 Å². The first-order valence-corrected chi connectivity index (χ1v) is 11.3. The molecule has 0 bridgehead atoms. The fraction of sp³-hybridized carbons (Fsp3) is 0.800. The van der Waals surface area contributed by atoms with Crippen molar-refractivity contribution in [1.82, 2.24) is 29.9 Å². The first-order chi connectivity index (χ1) is 16.3. The summed E-state index contributed by atoms with van der Waals surface area (Å²) in [5, 5.41) is 11.0. The van der Waals surface area contributed by atoms with E-state index in [1.54, 1.807) is 11.5 Å². The smallest absolute Gasteiger partial charge is 0.426 e. The molecule has 3 aliphatic rings. The maximum Gasteiger partial charge on any atom is 0.434 e. The van der Waals surface area contributed by atoms with E-state index < -0.39 is 36.0 Å². The molecule has 15 heteroatoms. The number of nitrogens with zero attached hydrogens (tertiary/aromatic N) is 5. The Labute approximate surface area is 196 Å². The van der Waals surface area contributed by atoms with Gasteiger partial charge in [-0.1, -0.05) is 6.42 Å². The van der Waals surface area contributed by atoms with Gasteiger partial charge in [0.15, 0.2) is 0 Å². The number of rotatable bonds is 4. The second-order valence-corrected chi connectivity index (χ2v) is 9.50. The Morgan fingerprint density at radius 3 is 2.20 bits per heavy atom. The van der Waals surface area contributed by atoms with Crippen LogP contribution in [0.15, 0.2) is 0 Å². The molecule has 2 fully saturated rings. The van der Waals surface area contributed by atoms with Crippen LogP contribution >= 0.6 is 0 Å². The second-order valence-electron chi connectivity index (χ2n) is 9.50. The predicted molar refractivity (Wildman–Crippen MR) is 107 cm³/mol. The Hall–Kier alpha value is -2.58. The minimum Gasteiger partial charge on any atom is -0.426 e. The van der Waals surface area contributed by atoms with Gasteiger partial charge in [0.2, 0.25) is 5.82 Å². The number of aromatic nitrogens is 3. The van der Waals surface area contributed by atoms with Crippen LogP contribution in [-0.4, -0.2) is 86.2 Å². The van der Waals surface area contributed by atoms with Crippen molar-refractivity contribution in [2.24, 2.45) is 0 Å². The summed E-state index contributed by atoms with van der Waals surface area (Å²) in [6.07, 6.45) is -13.7. The minimum absolute atomic E-state index is 0.104. The first-order valence-electron chi connectivity index (χ1n) is 11.3. The molecule has 1 aliphatic carbocycles. The molecule has 196 valence electrons. The number of alkyl halides is 6. The van der Waals surface area contributed by atoms with E-state index in [9.17, 15) is 35.9 Å². The Kier molecular flexibility index (Phi) is 6.66.